The molecule has 0 saturated carbocycles. The molecule has 0 amide bonds. The first-order valence-corrected chi connectivity index (χ1v) is 21.0. The Bertz CT molecular complexity index is 1350. The SMILES string of the molecule is Cc1cn([C@H]2C[C@H](OP(=O)(OC[C@H]3O[C@@H](n4ccc(N)nc4=O)C[C@@H]3O)[Se][Na])[C@@H](CO)O2)c(=O)[nH]c1=O. The van der Waals surface area contributed by atoms with E-state index in [4.69, 9.17) is 24.3 Å². The Balaban J connectivity index is 1.41. The number of nitrogens with two attached hydrogens (primary N) is 1. The number of aryl methyl sites for hydroxylation is 1. The molecule has 4 rings (SSSR count). The summed E-state index contributed by atoms with van der Waals surface area (Å²) in [7, 11) is -0.517. The van der Waals surface area contributed by atoms with Crippen molar-refractivity contribution in [2.75, 3.05) is 18.9 Å². The Hall–Kier alpha value is -1.13. The number of aliphatic hydroxyl groups excluding tert-OH is 2. The topological polar surface area (TPSA) is 210 Å². The Morgan fingerprint density at radius 2 is 1.97 bits per heavy atom. The van der Waals surface area contributed by atoms with E-state index in [-0.39, 0.29) is 25.3 Å². The van der Waals surface area contributed by atoms with Crippen molar-refractivity contribution in [1.29, 1.82) is 0 Å². The van der Waals surface area contributed by atoms with E-state index in [1.54, 1.807) is 0 Å². The maximum absolute atomic E-state index is 13.5. The van der Waals surface area contributed by atoms with Gasteiger partial charge in [-0.05, 0) is 0 Å². The van der Waals surface area contributed by atoms with Crippen LogP contribution in [0.3, 0.4) is 0 Å². The van der Waals surface area contributed by atoms with Crippen LogP contribution < -0.4 is 22.7 Å². The van der Waals surface area contributed by atoms with Gasteiger partial charge in [0.1, 0.15) is 0 Å². The van der Waals surface area contributed by atoms with Crippen LogP contribution >= 0.6 is 6.29 Å². The zero-order valence-electron chi connectivity index (χ0n) is 20.0. The Labute approximate surface area is 229 Å². The molecule has 2 aromatic rings. The summed E-state index contributed by atoms with van der Waals surface area (Å²) in [5, 5.41) is 20.2. The van der Waals surface area contributed by atoms with Crippen LogP contribution in [0, 0.1) is 6.92 Å². The number of nitrogen functional groups attached to an aromatic ring is 1. The fourth-order valence-corrected chi connectivity index (χ4v) is 10.5. The predicted octanol–water partition coefficient (Wildman–Crippen LogP) is -2.09. The minimum absolute atomic E-state index is 0.0620. The monoisotopic (exact) mass is 617 g/mol. The van der Waals surface area contributed by atoms with Crippen LogP contribution in [0.15, 0.2) is 32.8 Å². The zero-order chi connectivity index (χ0) is 26.9. The molecule has 2 aromatic heterocycles. The van der Waals surface area contributed by atoms with Gasteiger partial charge in [-0.2, -0.15) is 0 Å². The molecule has 2 saturated heterocycles. The summed E-state index contributed by atoms with van der Waals surface area (Å²) in [6.07, 6.45) is -5.94. The molecule has 0 bridgehead atoms. The first kappa shape index (κ1) is 28.9. The predicted molar refractivity (Wildman–Crippen MR) is 129 cm³/mol. The molecular weight excluding hydrogens is 591 g/mol. The van der Waals surface area contributed by atoms with Gasteiger partial charge in [-0.25, -0.2) is 0 Å². The van der Waals surface area contributed by atoms with Crippen LogP contribution in [-0.4, -0.2) is 102 Å². The summed E-state index contributed by atoms with van der Waals surface area (Å²) >= 11 is 0.518. The molecule has 0 radical (unpaired) electrons. The number of hydrogen-bond acceptors (Lipinski definition) is 12. The summed E-state index contributed by atoms with van der Waals surface area (Å²) in [4.78, 5) is 41.9. The van der Waals surface area contributed by atoms with Gasteiger partial charge < -0.3 is 0 Å². The second-order valence-corrected chi connectivity index (χ2v) is 21.1. The molecule has 18 heteroatoms. The number of nitrogens with one attached hydrogen (secondary N) is 1. The zero-order valence-corrected chi connectivity index (χ0v) is 24.6. The molecule has 2 aliphatic heterocycles. The van der Waals surface area contributed by atoms with Crippen molar-refractivity contribution in [3.8, 4) is 0 Å². The molecule has 198 valence electrons. The molecule has 37 heavy (non-hydrogen) atoms. The third kappa shape index (κ3) is 6.54. The van der Waals surface area contributed by atoms with Crippen LogP contribution in [0.5, 0.6) is 0 Å². The number of anilines is 1. The van der Waals surface area contributed by atoms with E-state index in [1.165, 1.54) is 34.5 Å². The van der Waals surface area contributed by atoms with E-state index >= 15 is 0 Å². The van der Waals surface area contributed by atoms with Crippen molar-refractivity contribution in [2.24, 2.45) is 0 Å². The molecular formula is C19H25N5NaO10PSe. The molecule has 2 aliphatic rings. The Morgan fingerprint density at radius 1 is 1.27 bits per heavy atom. The van der Waals surface area contributed by atoms with Crippen LogP contribution in [0.1, 0.15) is 30.9 Å². The van der Waals surface area contributed by atoms with Gasteiger partial charge in [-0.15, -0.1) is 0 Å². The fraction of sp³-hybridized carbons (Fsp3) is 0.579. The number of aromatic amines is 1. The number of ether oxygens (including phenoxy) is 2. The van der Waals surface area contributed by atoms with Crippen LogP contribution in [-0.2, 0) is 23.1 Å². The average molecular weight is 616 g/mol. The summed E-state index contributed by atoms with van der Waals surface area (Å²) in [5.74, 6) is 0.0620. The number of rotatable bonds is 9. The van der Waals surface area contributed by atoms with Gasteiger partial charge in [0.05, 0.1) is 0 Å². The van der Waals surface area contributed by atoms with Gasteiger partial charge in [0.15, 0.2) is 0 Å². The average Bonchev–Trinajstić information content (AvgIpc) is 3.42. The summed E-state index contributed by atoms with van der Waals surface area (Å²) in [6.45, 7) is 0.829. The third-order valence-corrected chi connectivity index (χ3v) is 18.5. The first-order valence-electron chi connectivity index (χ1n) is 11.3. The van der Waals surface area contributed by atoms with Gasteiger partial charge in [0.25, 0.3) is 0 Å². The quantitative estimate of drug-likeness (QED) is 0.177. The van der Waals surface area contributed by atoms with E-state index in [0.29, 0.717) is 30.9 Å². The number of aliphatic hydroxyl groups is 2. The van der Waals surface area contributed by atoms with Crippen LogP contribution in [0.25, 0.3) is 0 Å². The molecule has 2 fully saturated rings. The van der Waals surface area contributed by atoms with Gasteiger partial charge in [-0.1, -0.05) is 0 Å². The molecule has 0 spiro atoms. The molecule has 0 aliphatic carbocycles. The number of hydrogen-bond donors (Lipinski definition) is 4. The molecule has 4 heterocycles. The van der Waals surface area contributed by atoms with Crippen molar-refractivity contribution in [1.82, 2.24) is 19.1 Å². The molecule has 15 nitrogen and oxygen atoms in total. The Kier molecular flexibility index (Phi) is 9.32. The second kappa shape index (κ2) is 11.9. The van der Waals surface area contributed by atoms with E-state index < -0.39 is 76.8 Å². The standard InChI is InChI=1S/C19H26N5O10PSe.Na/c1-9-6-24(19(29)22-17(9)27)16-5-11(12(7-25)32-16)34-35(30,36)31-8-13-10(26)4-15(33-13)23-3-2-14(20)21-18(23)28;/h2-3,6,10-13,15-16,25-26H,4-5,7-8H2,1H3,(H,30,36)(H2,20,21,28)(H,22,27,29);/q;+1/p-1/t10-,11-,12+,13+,15+,16+,35?;/m0./s1. The summed E-state index contributed by atoms with van der Waals surface area (Å²) < 4.78 is 38.9. The number of H-pyrrole nitrogens is 1. The first-order chi connectivity index (χ1) is 17.5. The van der Waals surface area contributed by atoms with Crippen LogP contribution in [0.2, 0.25) is 0 Å². The summed E-state index contributed by atoms with van der Waals surface area (Å²) in [5.41, 5.74) is 3.99. The molecule has 1 unspecified atom stereocenters. The number of aromatic nitrogens is 4. The summed E-state index contributed by atoms with van der Waals surface area (Å²) in [6, 6.07) is 1.43. The van der Waals surface area contributed by atoms with E-state index in [0.717, 1.165) is 0 Å². The van der Waals surface area contributed by atoms with Gasteiger partial charge >= 0.3 is 231 Å². The molecule has 5 N–H and O–H groups in total. The molecule has 7 atom stereocenters. The third-order valence-electron chi connectivity index (χ3n) is 6.07. The van der Waals surface area contributed by atoms with E-state index in [9.17, 15) is 29.2 Å². The molecule has 0 aromatic carbocycles. The van der Waals surface area contributed by atoms with Gasteiger partial charge in [0.2, 0.25) is 0 Å². The van der Waals surface area contributed by atoms with Crippen molar-refractivity contribution >= 4 is 47.6 Å². The fourth-order valence-electron chi connectivity index (χ4n) is 4.08. The van der Waals surface area contributed by atoms with E-state index in [1.807, 2.05) is 0 Å². The van der Waals surface area contributed by atoms with Gasteiger partial charge in [0, 0.05) is 0 Å². The van der Waals surface area contributed by atoms with Gasteiger partial charge in [-0.3, -0.25) is 0 Å². The van der Waals surface area contributed by atoms with E-state index in [2.05, 4.69) is 9.97 Å². The van der Waals surface area contributed by atoms with Crippen LogP contribution in [0.4, 0.5) is 5.82 Å². The van der Waals surface area contributed by atoms with Crippen molar-refractivity contribution in [2.45, 2.75) is 56.6 Å². The van der Waals surface area contributed by atoms with Crippen molar-refractivity contribution in [3.63, 3.8) is 0 Å². The normalized spacial score (nSPS) is 29.4. The number of nitrogens with zero attached hydrogens (tertiary/aromatic N) is 3. The minimum atomic E-state index is -3.63. The maximum atomic E-state index is 13.5. The van der Waals surface area contributed by atoms with Crippen molar-refractivity contribution < 1.29 is 33.3 Å². The second-order valence-electron chi connectivity index (χ2n) is 8.57. The van der Waals surface area contributed by atoms with Crippen molar-refractivity contribution in [3.05, 3.63) is 55.3 Å². The Morgan fingerprint density at radius 3 is 2.65 bits per heavy atom.